The van der Waals surface area contributed by atoms with Gasteiger partial charge in [-0.05, 0) is 44.4 Å². The van der Waals surface area contributed by atoms with Crippen LogP contribution in [0.15, 0.2) is 24.3 Å². The highest BCUT2D eigenvalue weighted by atomic mass is 16.6. The van der Waals surface area contributed by atoms with Gasteiger partial charge < -0.3 is 10.4 Å². The molecule has 0 aliphatic heterocycles. The molecule has 2 rings (SSSR count). The van der Waals surface area contributed by atoms with Crippen LogP contribution in [0.3, 0.4) is 0 Å². The number of non-ortho nitro benzene ring substituents is 1. The predicted molar refractivity (Wildman–Crippen MR) is 82.8 cm³/mol. The summed E-state index contributed by atoms with van der Waals surface area (Å²) >= 11 is 0. The average Bonchev–Trinajstić information content (AvgIpc) is 2.42. The highest BCUT2D eigenvalue weighted by Gasteiger charge is 2.46. The van der Waals surface area contributed by atoms with Gasteiger partial charge in [0.25, 0.3) is 5.69 Å². The molecule has 0 aromatic heterocycles. The first kappa shape index (κ1) is 16.9. The van der Waals surface area contributed by atoms with Gasteiger partial charge in [-0.3, -0.25) is 19.7 Å². The van der Waals surface area contributed by atoms with Crippen molar-refractivity contribution >= 4 is 17.6 Å². The highest BCUT2D eigenvalue weighted by molar-refractivity contribution is 5.86. The van der Waals surface area contributed by atoms with Crippen LogP contribution in [-0.2, 0) is 15.1 Å². The summed E-state index contributed by atoms with van der Waals surface area (Å²) in [5.41, 5.74) is -0.977. The third kappa shape index (κ3) is 3.49. The van der Waals surface area contributed by atoms with Crippen LogP contribution in [0.5, 0.6) is 0 Å². The average molecular weight is 320 g/mol. The number of nitro groups is 1. The van der Waals surface area contributed by atoms with Crippen molar-refractivity contribution in [2.75, 3.05) is 0 Å². The molecule has 1 aliphatic rings. The maximum absolute atomic E-state index is 12.2. The number of benzene rings is 1. The van der Waals surface area contributed by atoms with Crippen molar-refractivity contribution < 1.29 is 19.6 Å². The fraction of sp³-hybridized carbons (Fsp3) is 0.500. The van der Waals surface area contributed by atoms with Crippen LogP contribution >= 0.6 is 0 Å². The summed E-state index contributed by atoms with van der Waals surface area (Å²) in [5, 5.41) is 22.8. The number of nitrogens with zero attached hydrogens (tertiary/aromatic N) is 1. The van der Waals surface area contributed by atoms with E-state index in [-0.39, 0.29) is 18.0 Å². The first-order chi connectivity index (χ1) is 10.7. The summed E-state index contributed by atoms with van der Waals surface area (Å²) < 4.78 is 0. The topological polar surface area (TPSA) is 110 Å². The van der Waals surface area contributed by atoms with E-state index in [1.165, 1.54) is 12.1 Å². The maximum Gasteiger partial charge on any atom is 0.310 e. The fourth-order valence-corrected chi connectivity index (χ4v) is 2.84. The summed E-state index contributed by atoms with van der Waals surface area (Å²) in [6, 6.07) is 5.95. The lowest BCUT2D eigenvalue weighted by molar-refractivity contribution is -0.384. The van der Waals surface area contributed by atoms with E-state index in [1.807, 2.05) is 0 Å². The Morgan fingerprint density at radius 3 is 2.26 bits per heavy atom. The van der Waals surface area contributed by atoms with Gasteiger partial charge in [0.05, 0.1) is 15.9 Å². The summed E-state index contributed by atoms with van der Waals surface area (Å²) in [7, 11) is 0. The molecule has 7 nitrogen and oxygen atoms in total. The molecule has 23 heavy (non-hydrogen) atoms. The quantitative estimate of drug-likeness (QED) is 0.618. The molecule has 2 N–H and O–H groups in total. The Hall–Kier alpha value is -2.44. The van der Waals surface area contributed by atoms with E-state index in [0.29, 0.717) is 12.8 Å². The van der Waals surface area contributed by atoms with Crippen LogP contribution < -0.4 is 5.32 Å². The van der Waals surface area contributed by atoms with E-state index in [0.717, 1.165) is 12.0 Å². The number of carbonyl (C=O) groups excluding carboxylic acids is 1. The number of amides is 1. The van der Waals surface area contributed by atoms with E-state index in [4.69, 9.17) is 0 Å². The van der Waals surface area contributed by atoms with E-state index < -0.39 is 21.8 Å². The lowest BCUT2D eigenvalue weighted by Crippen LogP contribution is -2.47. The summed E-state index contributed by atoms with van der Waals surface area (Å²) in [6.07, 6.45) is 1.82. The van der Waals surface area contributed by atoms with E-state index in [1.54, 1.807) is 26.0 Å². The molecule has 124 valence electrons. The first-order valence-corrected chi connectivity index (χ1v) is 7.46. The minimum absolute atomic E-state index is 0.0184. The molecular weight excluding hydrogens is 300 g/mol. The van der Waals surface area contributed by atoms with Gasteiger partial charge in [-0.25, -0.2) is 0 Å². The zero-order chi connectivity index (χ0) is 17.3. The van der Waals surface area contributed by atoms with Crippen LogP contribution in [0.2, 0.25) is 0 Å². The third-order valence-corrected chi connectivity index (χ3v) is 4.52. The first-order valence-electron chi connectivity index (χ1n) is 7.46. The van der Waals surface area contributed by atoms with Crippen LogP contribution in [0, 0.1) is 15.5 Å². The van der Waals surface area contributed by atoms with Crippen molar-refractivity contribution in [3.8, 4) is 0 Å². The zero-order valence-corrected chi connectivity index (χ0v) is 13.2. The molecule has 0 bridgehead atoms. The van der Waals surface area contributed by atoms with Gasteiger partial charge in [0.2, 0.25) is 5.91 Å². The van der Waals surface area contributed by atoms with Crippen molar-refractivity contribution in [3.63, 3.8) is 0 Å². The van der Waals surface area contributed by atoms with Crippen molar-refractivity contribution in [2.45, 2.75) is 45.1 Å². The van der Waals surface area contributed by atoms with E-state index in [2.05, 4.69) is 5.32 Å². The second kappa shape index (κ2) is 5.98. The SMILES string of the molecule is CC(C)(NC(=O)CC1(C(=O)O)CCC1)c1ccc([N+](=O)[O-])cc1. The Bertz CT molecular complexity index is 632. The largest absolute Gasteiger partial charge is 0.481 e. The molecule has 0 heterocycles. The Kier molecular flexibility index (Phi) is 4.40. The molecule has 7 heteroatoms. The number of nitro benzene ring substituents is 1. The second-order valence-electron chi connectivity index (χ2n) is 6.59. The summed E-state index contributed by atoms with van der Waals surface area (Å²) in [6.45, 7) is 3.56. The number of nitrogens with one attached hydrogen (secondary N) is 1. The Morgan fingerprint density at radius 1 is 1.30 bits per heavy atom. The minimum atomic E-state index is -0.935. The second-order valence-corrected chi connectivity index (χ2v) is 6.59. The lowest BCUT2D eigenvalue weighted by Gasteiger charge is -2.38. The number of hydrogen-bond donors (Lipinski definition) is 2. The van der Waals surface area contributed by atoms with E-state index in [9.17, 15) is 24.8 Å². The van der Waals surface area contributed by atoms with Gasteiger partial charge >= 0.3 is 5.97 Å². The van der Waals surface area contributed by atoms with Gasteiger partial charge in [0.1, 0.15) is 0 Å². The van der Waals surface area contributed by atoms with Crippen LogP contribution in [0.4, 0.5) is 5.69 Å². The molecule has 0 atom stereocenters. The van der Waals surface area contributed by atoms with Crippen LogP contribution in [0.25, 0.3) is 0 Å². The molecule has 1 aromatic rings. The number of rotatable bonds is 6. The molecule has 0 spiro atoms. The lowest BCUT2D eigenvalue weighted by atomic mass is 9.66. The number of carbonyl (C=O) groups is 2. The number of carboxylic acid groups (broad SMARTS) is 1. The normalized spacial score (nSPS) is 16.3. The van der Waals surface area contributed by atoms with Gasteiger partial charge in [-0.2, -0.15) is 0 Å². The smallest absolute Gasteiger partial charge is 0.310 e. The molecule has 1 fully saturated rings. The molecule has 1 aromatic carbocycles. The van der Waals surface area contributed by atoms with Crippen LogP contribution in [0.1, 0.15) is 45.1 Å². The summed E-state index contributed by atoms with van der Waals surface area (Å²) in [5.74, 6) is -1.25. The number of hydrogen-bond acceptors (Lipinski definition) is 4. The van der Waals surface area contributed by atoms with Gasteiger partial charge in [-0.15, -0.1) is 0 Å². The maximum atomic E-state index is 12.2. The Labute approximate surface area is 133 Å². The molecule has 0 unspecified atom stereocenters. The monoisotopic (exact) mass is 320 g/mol. The van der Waals surface area contributed by atoms with Crippen molar-refractivity contribution in [2.24, 2.45) is 5.41 Å². The third-order valence-electron chi connectivity index (χ3n) is 4.52. The van der Waals surface area contributed by atoms with Crippen molar-refractivity contribution in [1.29, 1.82) is 0 Å². The zero-order valence-electron chi connectivity index (χ0n) is 13.2. The highest BCUT2D eigenvalue weighted by Crippen LogP contribution is 2.44. The summed E-state index contributed by atoms with van der Waals surface area (Å²) in [4.78, 5) is 33.8. The van der Waals surface area contributed by atoms with Gasteiger partial charge in [-0.1, -0.05) is 6.42 Å². The molecule has 0 radical (unpaired) electrons. The molecule has 1 saturated carbocycles. The molecule has 1 aliphatic carbocycles. The standard InChI is InChI=1S/C16H20N2O5/c1-15(2,11-4-6-12(7-5-11)18(22)23)17-13(19)10-16(14(20)21)8-3-9-16/h4-7H,3,8-10H2,1-2H3,(H,17,19)(H,20,21). The Morgan fingerprint density at radius 2 is 1.87 bits per heavy atom. The van der Waals surface area contributed by atoms with Gasteiger partial charge in [0.15, 0.2) is 0 Å². The van der Waals surface area contributed by atoms with E-state index >= 15 is 0 Å². The molecule has 1 amide bonds. The molecule has 0 saturated heterocycles. The van der Waals surface area contributed by atoms with Crippen LogP contribution in [-0.4, -0.2) is 21.9 Å². The molecular formula is C16H20N2O5. The fourth-order valence-electron chi connectivity index (χ4n) is 2.84. The van der Waals surface area contributed by atoms with Crippen molar-refractivity contribution in [3.05, 3.63) is 39.9 Å². The number of aliphatic carboxylic acids is 1. The van der Waals surface area contributed by atoms with Gasteiger partial charge in [0, 0.05) is 18.6 Å². The van der Waals surface area contributed by atoms with Crippen molar-refractivity contribution in [1.82, 2.24) is 5.32 Å². The number of carboxylic acids is 1. The minimum Gasteiger partial charge on any atom is -0.481 e. The predicted octanol–water partition coefficient (Wildman–Crippen LogP) is 2.59. The Balaban J connectivity index is 2.06.